The van der Waals surface area contributed by atoms with E-state index in [2.05, 4.69) is 34.7 Å². The van der Waals surface area contributed by atoms with Gasteiger partial charge in [0.05, 0.1) is 21.3 Å². The molecule has 0 radical (unpaired) electrons. The number of hydrogen-bond acceptors (Lipinski definition) is 4. The van der Waals surface area contributed by atoms with Crippen LogP contribution < -0.4 is 5.32 Å². The highest BCUT2D eigenvalue weighted by atomic mass is 35.5. The molecule has 3 rings (SSSR count). The van der Waals surface area contributed by atoms with Gasteiger partial charge in [-0.3, -0.25) is 4.98 Å². The summed E-state index contributed by atoms with van der Waals surface area (Å²) in [5, 5.41) is 8.52. The first kappa shape index (κ1) is 14.0. The number of hydrogen-bond donors (Lipinski definition) is 1. The Hall–Kier alpha value is -0.940. The van der Waals surface area contributed by atoms with Crippen LogP contribution in [0.4, 0.5) is 0 Å². The van der Waals surface area contributed by atoms with Crippen LogP contribution in [0.3, 0.4) is 0 Å². The second-order valence-electron chi connectivity index (χ2n) is 4.59. The van der Waals surface area contributed by atoms with Gasteiger partial charge in [-0.15, -0.1) is 22.7 Å². The number of aromatic nitrogens is 1. The molecular formula is C15H15ClN2S2. The second kappa shape index (κ2) is 6.22. The van der Waals surface area contributed by atoms with Gasteiger partial charge in [0.1, 0.15) is 0 Å². The van der Waals surface area contributed by atoms with Gasteiger partial charge in [0.25, 0.3) is 0 Å². The highest BCUT2D eigenvalue weighted by molar-refractivity contribution is 7.17. The molecule has 1 N–H and O–H groups in total. The molecule has 3 aromatic rings. The molecule has 20 heavy (non-hydrogen) atoms. The Morgan fingerprint density at radius 3 is 2.90 bits per heavy atom. The predicted molar refractivity (Wildman–Crippen MR) is 89.1 cm³/mol. The summed E-state index contributed by atoms with van der Waals surface area (Å²) in [5.74, 6) is 0. The normalized spacial score (nSPS) is 12.9. The topological polar surface area (TPSA) is 24.9 Å². The van der Waals surface area contributed by atoms with Gasteiger partial charge in [0, 0.05) is 11.1 Å². The van der Waals surface area contributed by atoms with Crippen LogP contribution in [-0.2, 0) is 0 Å². The van der Waals surface area contributed by atoms with E-state index in [1.165, 1.54) is 10.3 Å². The number of nitrogens with zero attached hydrogens (tertiary/aromatic N) is 1. The van der Waals surface area contributed by atoms with Crippen LogP contribution in [0.2, 0.25) is 5.02 Å². The first-order chi connectivity index (χ1) is 9.79. The van der Waals surface area contributed by atoms with Crippen LogP contribution >= 0.6 is 34.3 Å². The summed E-state index contributed by atoms with van der Waals surface area (Å²) in [7, 11) is 0. The first-order valence-electron chi connectivity index (χ1n) is 6.59. The Bertz CT molecular complexity index is 705. The van der Waals surface area contributed by atoms with Gasteiger partial charge in [-0.25, -0.2) is 0 Å². The molecule has 3 heterocycles. The summed E-state index contributed by atoms with van der Waals surface area (Å²) in [5.41, 5.74) is 2.24. The third kappa shape index (κ3) is 2.74. The fourth-order valence-electron chi connectivity index (χ4n) is 2.18. The molecule has 3 aromatic heterocycles. The number of thiophene rings is 2. The van der Waals surface area contributed by atoms with E-state index < -0.39 is 0 Å². The maximum atomic E-state index is 6.31. The van der Waals surface area contributed by atoms with Crippen LogP contribution in [0.1, 0.15) is 29.8 Å². The highest BCUT2D eigenvalue weighted by Gasteiger charge is 2.18. The van der Waals surface area contributed by atoms with Crippen LogP contribution in [0, 0.1) is 0 Å². The number of halogens is 1. The molecule has 104 valence electrons. The molecule has 0 aromatic carbocycles. The smallest absolute Gasteiger partial charge is 0.0809 e. The maximum absolute atomic E-state index is 6.31. The van der Waals surface area contributed by atoms with E-state index in [1.807, 2.05) is 17.6 Å². The monoisotopic (exact) mass is 322 g/mol. The van der Waals surface area contributed by atoms with Gasteiger partial charge in [-0.1, -0.05) is 18.5 Å². The number of fused-ring (bicyclic) bond motifs is 1. The summed E-state index contributed by atoms with van der Waals surface area (Å²) >= 11 is 9.73. The zero-order chi connectivity index (χ0) is 13.9. The van der Waals surface area contributed by atoms with E-state index >= 15 is 0 Å². The molecule has 0 aliphatic heterocycles. The lowest BCUT2D eigenvalue weighted by molar-refractivity contribution is 0.605. The van der Waals surface area contributed by atoms with Crippen LogP contribution in [0.25, 0.3) is 10.2 Å². The lowest BCUT2D eigenvalue weighted by Gasteiger charge is -2.18. The van der Waals surface area contributed by atoms with Gasteiger partial charge in [-0.05, 0) is 47.5 Å². The second-order valence-corrected chi connectivity index (χ2v) is 6.90. The number of nitrogens with one attached hydrogen (secondary N) is 1. The van der Waals surface area contributed by atoms with E-state index in [0.717, 1.165) is 28.4 Å². The molecule has 0 saturated heterocycles. The van der Waals surface area contributed by atoms with Gasteiger partial charge in [0.2, 0.25) is 0 Å². The van der Waals surface area contributed by atoms with E-state index in [4.69, 9.17) is 11.6 Å². The molecule has 1 unspecified atom stereocenters. The number of rotatable bonds is 5. The Morgan fingerprint density at radius 2 is 2.15 bits per heavy atom. The van der Waals surface area contributed by atoms with E-state index in [0.29, 0.717) is 0 Å². The summed E-state index contributed by atoms with van der Waals surface area (Å²) < 4.78 is 1.22. The molecule has 0 saturated carbocycles. The quantitative estimate of drug-likeness (QED) is 0.707. The zero-order valence-electron chi connectivity index (χ0n) is 11.1. The molecule has 0 fully saturated rings. The molecule has 0 aliphatic rings. The standard InChI is InChI=1S/C15H15ClN2S2/c1-2-5-17-14(15-11(16)3-6-20-15)10-8-13-12(18-9-10)4-7-19-13/h3-4,6-9,14,17H,2,5H2,1H3. The summed E-state index contributed by atoms with van der Waals surface area (Å²) in [6, 6.07) is 6.35. The van der Waals surface area contributed by atoms with Crippen LogP contribution in [0.15, 0.2) is 35.2 Å². The van der Waals surface area contributed by atoms with E-state index in [9.17, 15) is 0 Å². The van der Waals surface area contributed by atoms with Crippen molar-refractivity contribution in [2.75, 3.05) is 6.54 Å². The third-order valence-corrected chi connectivity index (χ3v) is 5.44. The van der Waals surface area contributed by atoms with Gasteiger partial charge in [-0.2, -0.15) is 0 Å². The fourth-order valence-corrected chi connectivity index (χ4v) is 4.24. The zero-order valence-corrected chi connectivity index (χ0v) is 13.5. The molecule has 0 aliphatic carbocycles. The molecule has 0 bridgehead atoms. The Kier molecular flexibility index (Phi) is 4.36. The molecule has 2 nitrogen and oxygen atoms in total. The van der Waals surface area contributed by atoms with Crippen molar-refractivity contribution in [3.63, 3.8) is 0 Å². The van der Waals surface area contributed by atoms with Crippen molar-refractivity contribution in [3.8, 4) is 0 Å². The third-order valence-electron chi connectivity index (χ3n) is 3.16. The molecule has 0 amide bonds. The van der Waals surface area contributed by atoms with Crippen molar-refractivity contribution < 1.29 is 0 Å². The van der Waals surface area contributed by atoms with Crippen molar-refractivity contribution in [2.24, 2.45) is 0 Å². The molecule has 1 atom stereocenters. The van der Waals surface area contributed by atoms with Crippen LogP contribution in [-0.4, -0.2) is 11.5 Å². The maximum Gasteiger partial charge on any atom is 0.0809 e. The summed E-state index contributed by atoms with van der Waals surface area (Å²) in [4.78, 5) is 5.71. The minimum absolute atomic E-state index is 0.126. The Balaban J connectivity index is 2.01. The highest BCUT2D eigenvalue weighted by Crippen LogP contribution is 2.34. The van der Waals surface area contributed by atoms with Gasteiger partial charge >= 0.3 is 0 Å². The molecule has 5 heteroatoms. The van der Waals surface area contributed by atoms with Crippen molar-refractivity contribution >= 4 is 44.5 Å². The minimum Gasteiger partial charge on any atom is -0.306 e. The lowest BCUT2D eigenvalue weighted by Crippen LogP contribution is -2.22. The molecule has 0 spiro atoms. The van der Waals surface area contributed by atoms with Crippen molar-refractivity contribution in [1.29, 1.82) is 0 Å². The SMILES string of the molecule is CCCNC(c1cnc2ccsc2c1)c1sccc1Cl. The van der Waals surface area contributed by atoms with E-state index in [1.54, 1.807) is 22.7 Å². The minimum atomic E-state index is 0.126. The van der Waals surface area contributed by atoms with Gasteiger partial charge in [0.15, 0.2) is 0 Å². The summed E-state index contributed by atoms with van der Waals surface area (Å²) in [6.45, 7) is 3.13. The Labute approximate surface area is 131 Å². The van der Waals surface area contributed by atoms with Crippen molar-refractivity contribution in [3.05, 3.63) is 50.6 Å². The van der Waals surface area contributed by atoms with Crippen molar-refractivity contribution in [1.82, 2.24) is 10.3 Å². The molecular weight excluding hydrogens is 308 g/mol. The largest absolute Gasteiger partial charge is 0.306 e. The number of pyridine rings is 1. The lowest BCUT2D eigenvalue weighted by atomic mass is 10.1. The summed E-state index contributed by atoms with van der Waals surface area (Å²) in [6.07, 6.45) is 3.05. The van der Waals surface area contributed by atoms with Crippen LogP contribution in [0.5, 0.6) is 0 Å². The average Bonchev–Trinajstić information content (AvgIpc) is 3.08. The Morgan fingerprint density at radius 1 is 1.30 bits per heavy atom. The average molecular weight is 323 g/mol. The van der Waals surface area contributed by atoms with E-state index in [-0.39, 0.29) is 6.04 Å². The predicted octanol–water partition coefficient (Wildman–Crippen LogP) is 5.10. The van der Waals surface area contributed by atoms with Gasteiger partial charge < -0.3 is 5.32 Å². The fraction of sp³-hybridized carbons (Fsp3) is 0.267. The van der Waals surface area contributed by atoms with Crippen molar-refractivity contribution in [2.45, 2.75) is 19.4 Å². The first-order valence-corrected chi connectivity index (χ1v) is 8.72.